The van der Waals surface area contributed by atoms with Crippen LogP contribution in [0.4, 0.5) is 0 Å². The van der Waals surface area contributed by atoms with Crippen molar-refractivity contribution in [3.8, 4) is 6.07 Å². The molecule has 0 spiro atoms. The summed E-state index contributed by atoms with van der Waals surface area (Å²) in [5.41, 5.74) is 1.22. The topological polar surface area (TPSA) is 41.6 Å². The molecule has 2 rings (SSSR count). The molecule has 0 aliphatic heterocycles. The zero-order chi connectivity index (χ0) is 10.7. The molecule has 0 aromatic carbocycles. The molecule has 0 amide bonds. The molecular formula is C12H17N3. The van der Waals surface area contributed by atoms with Crippen LogP contribution in [0.25, 0.3) is 0 Å². The van der Waals surface area contributed by atoms with E-state index in [1.807, 2.05) is 24.1 Å². The highest BCUT2D eigenvalue weighted by Gasteiger charge is 2.33. The lowest BCUT2D eigenvalue weighted by molar-refractivity contribution is 0.377. The molecule has 3 heteroatoms. The maximum Gasteiger partial charge on any atom is 0.0689 e. The van der Waals surface area contributed by atoms with E-state index in [1.165, 1.54) is 18.4 Å². The standard InChI is InChI=1S/C12H17N3/c1-15-9-11(8-14-15)4-7-12(10-13)5-2-3-6-12/h8-9H,2-7H2,1H3. The van der Waals surface area contributed by atoms with Crippen molar-refractivity contribution in [3.05, 3.63) is 18.0 Å². The molecule has 0 saturated heterocycles. The number of rotatable bonds is 3. The van der Waals surface area contributed by atoms with Crippen molar-refractivity contribution >= 4 is 0 Å². The van der Waals surface area contributed by atoms with Gasteiger partial charge in [-0.2, -0.15) is 10.4 Å². The third-order valence-electron chi connectivity index (χ3n) is 3.45. The van der Waals surface area contributed by atoms with E-state index in [1.54, 1.807) is 0 Å². The lowest BCUT2D eigenvalue weighted by Crippen LogP contribution is -2.14. The van der Waals surface area contributed by atoms with Gasteiger partial charge in [0.1, 0.15) is 0 Å². The summed E-state index contributed by atoms with van der Waals surface area (Å²) >= 11 is 0. The van der Waals surface area contributed by atoms with Crippen molar-refractivity contribution < 1.29 is 0 Å². The van der Waals surface area contributed by atoms with E-state index in [9.17, 15) is 5.26 Å². The van der Waals surface area contributed by atoms with Crippen LogP contribution in [-0.2, 0) is 13.5 Å². The third kappa shape index (κ3) is 2.20. The highest BCUT2D eigenvalue weighted by molar-refractivity contribution is 5.08. The molecule has 1 heterocycles. The first kappa shape index (κ1) is 10.2. The molecule has 3 nitrogen and oxygen atoms in total. The Kier molecular flexibility index (Phi) is 2.77. The van der Waals surface area contributed by atoms with Gasteiger partial charge in [0.25, 0.3) is 0 Å². The van der Waals surface area contributed by atoms with Gasteiger partial charge < -0.3 is 0 Å². The van der Waals surface area contributed by atoms with Crippen molar-refractivity contribution in [2.24, 2.45) is 12.5 Å². The van der Waals surface area contributed by atoms with Crippen LogP contribution in [0.3, 0.4) is 0 Å². The van der Waals surface area contributed by atoms with E-state index in [2.05, 4.69) is 11.2 Å². The molecule has 15 heavy (non-hydrogen) atoms. The summed E-state index contributed by atoms with van der Waals surface area (Å²) < 4.78 is 1.82. The molecule has 0 atom stereocenters. The van der Waals surface area contributed by atoms with E-state index >= 15 is 0 Å². The third-order valence-corrected chi connectivity index (χ3v) is 3.45. The minimum absolute atomic E-state index is 0.0319. The highest BCUT2D eigenvalue weighted by atomic mass is 15.2. The summed E-state index contributed by atoms with van der Waals surface area (Å²) in [7, 11) is 1.93. The number of nitriles is 1. The van der Waals surface area contributed by atoms with E-state index in [-0.39, 0.29) is 5.41 Å². The summed E-state index contributed by atoms with van der Waals surface area (Å²) in [6.45, 7) is 0. The molecule has 1 aromatic rings. The molecule has 1 aliphatic rings. The number of aryl methyl sites for hydroxylation is 2. The Morgan fingerprint density at radius 3 is 2.80 bits per heavy atom. The Bertz CT molecular complexity index is 366. The SMILES string of the molecule is Cn1cc(CCC2(C#N)CCCC2)cn1. The van der Waals surface area contributed by atoms with Gasteiger partial charge in [-0.15, -0.1) is 0 Å². The van der Waals surface area contributed by atoms with Gasteiger partial charge in [0.2, 0.25) is 0 Å². The molecule has 1 fully saturated rings. The quantitative estimate of drug-likeness (QED) is 0.757. The fourth-order valence-corrected chi connectivity index (χ4v) is 2.45. The summed E-state index contributed by atoms with van der Waals surface area (Å²) in [5, 5.41) is 13.4. The van der Waals surface area contributed by atoms with Crippen LogP contribution in [0.5, 0.6) is 0 Å². The second-order valence-electron chi connectivity index (χ2n) is 4.62. The van der Waals surface area contributed by atoms with Gasteiger partial charge in [-0.3, -0.25) is 4.68 Å². The number of hydrogen-bond acceptors (Lipinski definition) is 2. The van der Waals surface area contributed by atoms with Crippen molar-refractivity contribution in [2.45, 2.75) is 38.5 Å². The van der Waals surface area contributed by atoms with Gasteiger partial charge >= 0.3 is 0 Å². The number of nitrogens with zero attached hydrogens (tertiary/aromatic N) is 3. The van der Waals surface area contributed by atoms with Gasteiger partial charge in [-0.25, -0.2) is 0 Å². The Balaban J connectivity index is 1.95. The average molecular weight is 203 g/mol. The van der Waals surface area contributed by atoms with Crippen LogP contribution in [0, 0.1) is 16.7 Å². The first-order chi connectivity index (χ1) is 7.24. The van der Waals surface area contributed by atoms with E-state index in [0.717, 1.165) is 25.7 Å². The summed E-state index contributed by atoms with van der Waals surface area (Å²) in [5.74, 6) is 0. The minimum atomic E-state index is -0.0319. The second-order valence-corrected chi connectivity index (χ2v) is 4.62. The van der Waals surface area contributed by atoms with Crippen LogP contribution in [0.15, 0.2) is 12.4 Å². The van der Waals surface area contributed by atoms with Crippen molar-refractivity contribution in [1.29, 1.82) is 5.26 Å². The van der Waals surface area contributed by atoms with E-state index in [4.69, 9.17) is 0 Å². The second kappa shape index (κ2) is 4.06. The summed E-state index contributed by atoms with van der Waals surface area (Å²) in [6, 6.07) is 2.53. The molecule has 1 aliphatic carbocycles. The molecule has 0 N–H and O–H groups in total. The smallest absolute Gasteiger partial charge is 0.0689 e. The van der Waals surface area contributed by atoms with Crippen LogP contribution in [0.1, 0.15) is 37.7 Å². The number of hydrogen-bond donors (Lipinski definition) is 0. The number of aromatic nitrogens is 2. The normalized spacial score (nSPS) is 18.9. The van der Waals surface area contributed by atoms with E-state index < -0.39 is 0 Å². The van der Waals surface area contributed by atoms with Gasteiger partial charge in [-0.05, 0) is 31.2 Å². The monoisotopic (exact) mass is 203 g/mol. The molecule has 0 bridgehead atoms. The molecule has 1 saturated carbocycles. The Morgan fingerprint density at radius 1 is 1.53 bits per heavy atom. The van der Waals surface area contributed by atoms with Crippen molar-refractivity contribution in [2.75, 3.05) is 0 Å². The molecular weight excluding hydrogens is 186 g/mol. The predicted octanol–water partition coefficient (Wildman–Crippen LogP) is 2.44. The van der Waals surface area contributed by atoms with E-state index in [0.29, 0.717) is 0 Å². The van der Waals surface area contributed by atoms with Crippen LogP contribution in [0.2, 0.25) is 0 Å². The molecule has 0 radical (unpaired) electrons. The van der Waals surface area contributed by atoms with Gasteiger partial charge in [0.05, 0.1) is 17.7 Å². The average Bonchev–Trinajstić information content (AvgIpc) is 2.85. The van der Waals surface area contributed by atoms with Crippen LogP contribution >= 0.6 is 0 Å². The largest absolute Gasteiger partial charge is 0.276 e. The zero-order valence-corrected chi connectivity index (χ0v) is 9.24. The van der Waals surface area contributed by atoms with Crippen molar-refractivity contribution in [3.63, 3.8) is 0 Å². The molecule has 1 aromatic heterocycles. The Labute approximate surface area is 90.7 Å². The zero-order valence-electron chi connectivity index (χ0n) is 9.24. The molecule has 80 valence electrons. The lowest BCUT2D eigenvalue weighted by Gasteiger charge is -2.18. The summed E-state index contributed by atoms with van der Waals surface area (Å²) in [6.07, 6.45) is 10.5. The highest BCUT2D eigenvalue weighted by Crippen LogP contribution is 2.41. The van der Waals surface area contributed by atoms with Crippen LogP contribution in [-0.4, -0.2) is 9.78 Å². The van der Waals surface area contributed by atoms with Crippen molar-refractivity contribution in [1.82, 2.24) is 9.78 Å². The predicted molar refractivity (Wildman–Crippen MR) is 58.0 cm³/mol. The minimum Gasteiger partial charge on any atom is -0.276 e. The first-order valence-electron chi connectivity index (χ1n) is 5.63. The Hall–Kier alpha value is -1.30. The van der Waals surface area contributed by atoms with Gasteiger partial charge in [-0.1, -0.05) is 12.8 Å². The fraction of sp³-hybridized carbons (Fsp3) is 0.667. The van der Waals surface area contributed by atoms with Gasteiger partial charge in [0, 0.05) is 13.2 Å². The van der Waals surface area contributed by atoms with Gasteiger partial charge in [0.15, 0.2) is 0 Å². The Morgan fingerprint density at radius 2 is 2.27 bits per heavy atom. The maximum atomic E-state index is 9.23. The summed E-state index contributed by atoms with van der Waals surface area (Å²) in [4.78, 5) is 0. The van der Waals surface area contributed by atoms with Crippen LogP contribution < -0.4 is 0 Å². The fourth-order valence-electron chi connectivity index (χ4n) is 2.45. The first-order valence-corrected chi connectivity index (χ1v) is 5.63. The lowest BCUT2D eigenvalue weighted by atomic mass is 9.82. The maximum absolute atomic E-state index is 9.23. The molecule has 0 unspecified atom stereocenters.